The first-order chi connectivity index (χ1) is 9.08. The molecule has 1 saturated heterocycles. The van der Waals surface area contributed by atoms with Crippen molar-refractivity contribution in [3.63, 3.8) is 0 Å². The predicted molar refractivity (Wildman–Crippen MR) is 73.2 cm³/mol. The van der Waals surface area contributed by atoms with Gasteiger partial charge in [-0.3, -0.25) is 4.79 Å². The molecule has 19 heavy (non-hydrogen) atoms. The first-order valence-electron chi connectivity index (χ1n) is 6.83. The summed E-state index contributed by atoms with van der Waals surface area (Å²) in [7, 11) is 0. The van der Waals surface area contributed by atoms with Crippen LogP contribution in [0.5, 0.6) is 0 Å². The van der Waals surface area contributed by atoms with Gasteiger partial charge in [-0.2, -0.15) is 0 Å². The highest BCUT2D eigenvalue weighted by Gasteiger charge is 2.28. The predicted octanol–water partition coefficient (Wildman–Crippen LogP) is 2.34. The SMILES string of the molecule is CC(C)CC(=O)N1CCNCC1c1cccc(F)c1. The molecule has 0 saturated carbocycles. The molecule has 1 aliphatic heterocycles. The number of nitrogens with one attached hydrogen (secondary N) is 1. The maximum absolute atomic E-state index is 13.3. The Bertz CT molecular complexity index is 448. The highest BCUT2D eigenvalue weighted by atomic mass is 19.1. The Hall–Kier alpha value is -1.42. The van der Waals surface area contributed by atoms with Gasteiger partial charge in [0.25, 0.3) is 0 Å². The molecule has 0 bridgehead atoms. The Morgan fingerprint density at radius 2 is 2.32 bits per heavy atom. The number of rotatable bonds is 3. The molecular weight excluding hydrogens is 243 g/mol. The van der Waals surface area contributed by atoms with Gasteiger partial charge < -0.3 is 10.2 Å². The van der Waals surface area contributed by atoms with E-state index >= 15 is 0 Å². The number of amides is 1. The number of carbonyl (C=O) groups excluding carboxylic acids is 1. The Morgan fingerprint density at radius 3 is 3.00 bits per heavy atom. The molecule has 0 spiro atoms. The molecule has 2 rings (SSSR count). The van der Waals surface area contributed by atoms with Gasteiger partial charge >= 0.3 is 0 Å². The van der Waals surface area contributed by atoms with Crippen molar-refractivity contribution in [1.29, 1.82) is 0 Å². The van der Waals surface area contributed by atoms with Crippen LogP contribution in [0.3, 0.4) is 0 Å². The summed E-state index contributed by atoms with van der Waals surface area (Å²) in [6.45, 7) is 6.25. The number of nitrogens with zero attached hydrogens (tertiary/aromatic N) is 1. The third-order valence-corrected chi connectivity index (χ3v) is 3.38. The fourth-order valence-electron chi connectivity index (χ4n) is 2.48. The second kappa shape index (κ2) is 6.15. The molecule has 1 N–H and O–H groups in total. The minimum absolute atomic E-state index is 0.0595. The van der Waals surface area contributed by atoms with Crippen molar-refractivity contribution in [2.45, 2.75) is 26.3 Å². The zero-order valence-electron chi connectivity index (χ0n) is 11.5. The molecule has 104 valence electrons. The summed E-state index contributed by atoms with van der Waals surface area (Å²) < 4.78 is 13.3. The Kier molecular flexibility index (Phi) is 4.53. The van der Waals surface area contributed by atoms with Gasteiger partial charge in [-0.05, 0) is 23.6 Å². The normalized spacial score (nSPS) is 19.8. The molecule has 4 heteroatoms. The van der Waals surface area contributed by atoms with Gasteiger partial charge in [-0.25, -0.2) is 4.39 Å². The van der Waals surface area contributed by atoms with Crippen LogP contribution in [0.2, 0.25) is 0 Å². The van der Waals surface area contributed by atoms with E-state index in [0.717, 1.165) is 12.1 Å². The molecule has 0 aliphatic carbocycles. The summed E-state index contributed by atoms with van der Waals surface area (Å²) in [5.41, 5.74) is 0.865. The maximum atomic E-state index is 13.3. The van der Waals surface area contributed by atoms with Crippen LogP contribution in [0.25, 0.3) is 0 Å². The Labute approximate surface area is 113 Å². The average molecular weight is 264 g/mol. The topological polar surface area (TPSA) is 32.3 Å². The molecule has 1 amide bonds. The molecule has 1 aromatic carbocycles. The molecule has 1 aliphatic rings. The fourth-order valence-corrected chi connectivity index (χ4v) is 2.48. The summed E-state index contributed by atoms with van der Waals surface area (Å²) in [5.74, 6) is 0.251. The van der Waals surface area contributed by atoms with Crippen LogP contribution in [0.4, 0.5) is 4.39 Å². The second-order valence-electron chi connectivity index (χ2n) is 5.46. The summed E-state index contributed by atoms with van der Waals surface area (Å²) in [6, 6.07) is 6.48. The number of carbonyl (C=O) groups is 1. The minimum atomic E-state index is -0.251. The van der Waals surface area contributed by atoms with E-state index in [4.69, 9.17) is 0 Å². The zero-order chi connectivity index (χ0) is 13.8. The van der Waals surface area contributed by atoms with Crippen molar-refractivity contribution < 1.29 is 9.18 Å². The van der Waals surface area contributed by atoms with Crippen molar-refractivity contribution in [2.75, 3.05) is 19.6 Å². The number of benzene rings is 1. The van der Waals surface area contributed by atoms with Crippen LogP contribution in [0, 0.1) is 11.7 Å². The van der Waals surface area contributed by atoms with Gasteiger partial charge in [-0.15, -0.1) is 0 Å². The van der Waals surface area contributed by atoms with Crippen molar-refractivity contribution in [1.82, 2.24) is 10.2 Å². The summed E-state index contributed by atoms with van der Waals surface area (Å²) >= 11 is 0. The summed E-state index contributed by atoms with van der Waals surface area (Å²) in [4.78, 5) is 14.2. The lowest BCUT2D eigenvalue weighted by atomic mass is 10.0. The summed E-state index contributed by atoms with van der Waals surface area (Å²) in [5, 5.41) is 3.27. The standard InChI is InChI=1S/C15H21FN2O/c1-11(2)8-15(19)18-7-6-17-10-14(18)12-4-3-5-13(16)9-12/h3-5,9,11,14,17H,6-8,10H2,1-2H3. The van der Waals surface area contributed by atoms with Gasteiger partial charge in [0.15, 0.2) is 0 Å². The quantitative estimate of drug-likeness (QED) is 0.909. The van der Waals surface area contributed by atoms with E-state index in [1.807, 2.05) is 24.8 Å². The van der Waals surface area contributed by atoms with Gasteiger partial charge in [0, 0.05) is 26.1 Å². The molecule has 0 aromatic heterocycles. The van der Waals surface area contributed by atoms with E-state index in [1.165, 1.54) is 12.1 Å². The fraction of sp³-hybridized carbons (Fsp3) is 0.533. The molecule has 0 radical (unpaired) electrons. The smallest absolute Gasteiger partial charge is 0.223 e. The third kappa shape index (κ3) is 3.53. The molecule has 1 unspecified atom stereocenters. The van der Waals surface area contributed by atoms with Crippen LogP contribution in [-0.4, -0.2) is 30.4 Å². The largest absolute Gasteiger partial charge is 0.333 e. The van der Waals surface area contributed by atoms with Gasteiger partial charge in [0.2, 0.25) is 5.91 Å². The lowest BCUT2D eigenvalue weighted by Gasteiger charge is -2.37. The number of halogens is 1. The first kappa shape index (κ1) is 14.0. The molecule has 3 nitrogen and oxygen atoms in total. The Morgan fingerprint density at radius 1 is 1.53 bits per heavy atom. The van der Waals surface area contributed by atoms with Crippen molar-refractivity contribution >= 4 is 5.91 Å². The van der Waals surface area contributed by atoms with E-state index in [2.05, 4.69) is 5.32 Å². The molecule has 1 fully saturated rings. The Balaban J connectivity index is 2.18. The second-order valence-corrected chi connectivity index (χ2v) is 5.46. The first-order valence-corrected chi connectivity index (χ1v) is 6.83. The van der Waals surface area contributed by atoms with Crippen LogP contribution < -0.4 is 5.32 Å². The zero-order valence-corrected chi connectivity index (χ0v) is 11.5. The average Bonchev–Trinajstić information content (AvgIpc) is 2.38. The molecular formula is C15H21FN2O. The maximum Gasteiger partial charge on any atom is 0.223 e. The summed E-state index contributed by atoms with van der Waals surface area (Å²) in [6.07, 6.45) is 0.547. The van der Waals surface area contributed by atoms with E-state index in [-0.39, 0.29) is 17.8 Å². The monoisotopic (exact) mass is 264 g/mol. The molecule has 1 heterocycles. The van der Waals surface area contributed by atoms with Gasteiger partial charge in [0.05, 0.1) is 6.04 Å². The third-order valence-electron chi connectivity index (χ3n) is 3.38. The number of hydrogen-bond acceptors (Lipinski definition) is 2. The van der Waals surface area contributed by atoms with Crippen LogP contribution in [0.1, 0.15) is 31.9 Å². The number of piperazine rings is 1. The highest BCUT2D eigenvalue weighted by molar-refractivity contribution is 5.77. The van der Waals surface area contributed by atoms with E-state index < -0.39 is 0 Å². The molecule has 1 atom stereocenters. The van der Waals surface area contributed by atoms with Crippen molar-refractivity contribution in [3.05, 3.63) is 35.6 Å². The number of hydrogen-bond donors (Lipinski definition) is 1. The van der Waals surface area contributed by atoms with E-state index in [1.54, 1.807) is 6.07 Å². The lowest BCUT2D eigenvalue weighted by molar-refractivity contribution is -0.135. The van der Waals surface area contributed by atoms with Crippen LogP contribution >= 0.6 is 0 Å². The van der Waals surface area contributed by atoms with Crippen molar-refractivity contribution in [3.8, 4) is 0 Å². The van der Waals surface area contributed by atoms with Crippen molar-refractivity contribution in [2.24, 2.45) is 5.92 Å². The highest BCUT2D eigenvalue weighted by Crippen LogP contribution is 2.24. The van der Waals surface area contributed by atoms with Crippen LogP contribution in [-0.2, 0) is 4.79 Å². The van der Waals surface area contributed by atoms with E-state index in [0.29, 0.717) is 25.4 Å². The lowest BCUT2D eigenvalue weighted by Crippen LogP contribution is -2.48. The van der Waals surface area contributed by atoms with Gasteiger partial charge in [-0.1, -0.05) is 26.0 Å². The molecule has 1 aromatic rings. The minimum Gasteiger partial charge on any atom is -0.333 e. The van der Waals surface area contributed by atoms with E-state index in [9.17, 15) is 9.18 Å². The van der Waals surface area contributed by atoms with Gasteiger partial charge in [0.1, 0.15) is 5.82 Å². The van der Waals surface area contributed by atoms with Crippen LogP contribution in [0.15, 0.2) is 24.3 Å².